The van der Waals surface area contributed by atoms with E-state index in [2.05, 4.69) is 21.3 Å². The number of carbonyl (C=O) groups is 1. The molecule has 0 bridgehead atoms. The van der Waals surface area contributed by atoms with Gasteiger partial charge in [-0.2, -0.15) is 18.4 Å². The normalized spacial score (nSPS) is 20.1. The summed E-state index contributed by atoms with van der Waals surface area (Å²) in [5.74, 6) is -1.51. The van der Waals surface area contributed by atoms with E-state index in [4.69, 9.17) is 11.6 Å². The third-order valence-electron chi connectivity index (χ3n) is 7.11. The van der Waals surface area contributed by atoms with E-state index >= 15 is 0 Å². The number of amides is 1. The number of benzene rings is 1. The van der Waals surface area contributed by atoms with Gasteiger partial charge in [-0.25, -0.2) is 4.98 Å². The van der Waals surface area contributed by atoms with Crippen molar-refractivity contribution in [3.8, 4) is 6.07 Å². The van der Waals surface area contributed by atoms with Crippen molar-refractivity contribution >= 4 is 34.1 Å². The molecule has 0 aliphatic carbocycles. The predicted octanol–water partition coefficient (Wildman–Crippen LogP) is 3.37. The van der Waals surface area contributed by atoms with Crippen molar-refractivity contribution in [1.82, 2.24) is 24.6 Å². The molecule has 5 rings (SSSR count). The number of nitrogens with zero attached hydrogens (tertiary/aromatic N) is 7. The van der Waals surface area contributed by atoms with E-state index < -0.39 is 18.6 Å². The van der Waals surface area contributed by atoms with Gasteiger partial charge in [0, 0.05) is 42.5 Å². The molecule has 0 spiro atoms. The third kappa shape index (κ3) is 4.46. The molecule has 1 N–H and O–H groups in total. The molecule has 2 aromatic heterocycles. The second-order valence-corrected chi connectivity index (χ2v) is 9.82. The Kier molecular flexibility index (Phi) is 6.45. The van der Waals surface area contributed by atoms with Gasteiger partial charge in [0.15, 0.2) is 5.82 Å². The lowest BCUT2D eigenvalue weighted by Gasteiger charge is -2.40. The van der Waals surface area contributed by atoms with Gasteiger partial charge in [0.05, 0.1) is 35.6 Å². The number of carbonyl (C=O) groups excluding carboxylic acids is 1. The van der Waals surface area contributed by atoms with Gasteiger partial charge in [-0.1, -0.05) is 18.5 Å². The Morgan fingerprint density at radius 1 is 1.27 bits per heavy atom. The minimum atomic E-state index is -4.60. The molecule has 2 aliphatic rings. The van der Waals surface area contributed by atoms with Crippen LogP contribution in [0.1, 0.15) is 36.3 Å². The zero-order valence-corrected chi connectivity index (χ0v) is 20.6. The zero-order valence-electron chi connectivity index (χ0n) is 19.8. The summed E-state index contributed by atoms with van der Waals surface area (Å²) in [6.45, 7) is 2.58. The highest BCUT2D eigenvalue weighted by molar-refractivity contribution is 6.31. The van der Waals surface area contributed by atoms with E-state index in [0.717, 1.165) is 4.57 Å². The van der Waals surface area contributed by atoms with E-state index in [1.165, 1.54) is 0 Å². The number of aromatic nitrogens is 4. The molecular formula is C24H23ClF3N7O2. The molecule has 1 saturated heterocycles. The number of alkyl halides is 3. The quantitative estimate of drug-likeness (QED) is 0.549. The topological polar surface area (TPSA) is 111 Å². The average Bonchev–Trinajstić information content (AvgIpc) is 3.31. The Hall–Kier alpha value is -3.43. The summed E-state index contributed by atoms with van der Waals surface area (Å²) >= 11 is 6.24. The summed E-state index contributed by atoms with van der Waals surface area (Å²) in [6, 6.07) is 7.34. The molecule has 1 amide bonds. The van der Waals surface area contributed by atoms with Crippen LogP contribution in [0.15, 0.2) is 18.2 Å². The number of hydrogen-bond donors (Lipinski definition) is 1. The molecule has 2 atom stereocenters. The Morgan fingerprint density at radius 3 is 2.73 bits per heavy atom. The zero-order chi connectivity index (χ0) is 26.5. The number of fused-ring (bicyclic) bond motifs is 2. The highest BCUT2D eigenvalue weighted by Crippen LogP contribution is 2.38. The van der Waals surface area contributed by atoms with Crippen LogP contribution < -0.4 is 4.90 Å². The third-order valence-corrected chi connectivity index (χ3v) is 7.35. The molecule has 1 aromatic carbocycles. The highest BCUT2D eigenvalue weighted by Gasteiger charge is 2.41. The number of aliphatic hydroxyl groups is 1. The maximum absolute atomic E-state index is 13.4. The summed E-state index contributed by atoms with van der Waals surface area (Å²) in [7, 11) is 0. The first kappa shape index (κ1) is 25.2. The summed E-state index contributed by atoms with van der Waals surface area (Å²) < 4.78 is 40.5. The smallest absolute Gasteiger partial charge is 0.390 e. The van der Waals surface area contributed by atoms with Crippen LogP contribution in [0.3, 0.4) is 0 Å². The molecular weight excluding hydrogens is 511 g/mol. The Bertz CT molecular complexity index is 1420. The van der Waals surface area contributed by atoms with Crippen molar-refractivity contribution in [2.75, 3.05) is 24.5 Å². The van der Waals surface area contributed by atoms with Gasteiger partial charge in [-0.3, -0.25) is 4.79 Å². The van der Waals surface area contributed by atoms with Crippen molar-refractivity contribution in [3.63, 3.8) is 0 Å². The molecule has 0 radical (unpaired) electrons. The van der Waals surface area contributed by atoms with Gasteiger partial charge in [-0.05, 0) is 30.5 Å². The lowest BCUT2D eigenvalue weighted by Crippen LogP contribution is -2.49. The molecule has 9 nitrogen and oxygen atoms in total. The van der Waals surface area contributed by atoms with Gasteiger partial charge < -0.3 is 19.5 Å². The monoisotopic (exact) mass is 533 g/mol. The number of halogens is 4. The number of pyridine rings is 1. The minimum Gasteiger partial charge on any atom is -0.390 e. The minimum absolute atomic E-state index is 0.0185. The Morgan fingerprint density at radius 2 is 2.05 bits per heavy atom. The first-order chi connectivity index (χ1) is 17.6. The largest absolute Gasteiger partial charge is 0.451 e. The van der Waals surface area contributed by atoms with Gasteiger partial charge in [0.2, 0.25) is 11.7 Å². The van der Waals surface area contributed by atoms with E-state index in [1.54, 1.807) is 23.1 Å². The Labute approximate surface area is 215 Å². The maximum Gasteiger partial charge on any atom is 0.451 e. The van der Waals surface area contributed by atoms with Crippen LogP contribution in [-0.4, -0.2) is 55.3 Å². The van der Waals surface area contributed by atoms with Crippen LogP contribution in [0.5, 0.6) is 0 Å². The molecule has 0 unspecified atom stereocenters. The molecule has 37 heavy (non-hydrogen) atoms. The fourth-order valence-electron chi connectivity index (χ4n) is 5.33. The molecule has 0 saturated carbocycles. The fourth-order valence-corrected chi connectivity index (χ4v) is 5.51. The lowest BCUT2D eigenvalue weighted by atomic mass is 9.85. The fraction of sp³-hybridized carbons (Fsp3) is 0.458. The number of rotatable bonds is 3. The van der Waals surface area contributed by atoms with E-state index in [0.29, 0.717) is 41.1 Å². The average molecular weight is 534 g/mol. The maximum atomic E-state index is 13.4. The van der Waals surface area contributed by atoms with Crippen LogP contribution in [0.2, 0.25) is 5.02 Å². The van der Waals surface area contributed by atoms with Crippen LogP contribution in [0.25, 0.3) is 10.9 Å². The molecule has 13 heteroatoms. The SMILES string of the molecule is C[C@@H]1CN(c2c(C#N)c(CO)nc3ccc(Cl)cc23)CC[C@@H]1C(=O)N1CCn2c(nnc2C(F)(F)F)C1. The number of nitriles is 1. The molecule has 2 aliphatic heterocycles. The predicted molar refractivity (Wildman–Crippen MR) is 127 cm³/mol. The van der Waals surface area contributed by atoms with E-state index in [1.807, 2.05) is 11.8 Å². The summed E-state index contributed by atoms with van der Waals surface area (Å²) in [5.41, 5.74) is 1.77. The van der Waals surface area contributed by atoms with Crippen LogP contribution in [0.4, 0.5) is 18.9 Å². The van der Waals surface area contributed by atoms with E-state index in [9.17, 15) is 28.3 Å². The van der Waals surface area contributed by atoms with Gasteiger partial charge in [0.25, 0.3) is 0 Å². The van der Waals surface area contributed by atoms with Gasteiger partial charge in [0.1, 0.15) is 6.07 Å². The van der Waals surface area contributed by atoms with Gasteiger partial charge >= 0.3 is 6.18 Å². The lowest BCUT2D eigenvalue weighted by molar-refractivity contribution is -0.148. The second kappa shape index (κ2) is 9.46. The molecule has 194 valence electrons. The number of piperidine rings is 1. The first-order valence-corrected chi connectivity index (χ1v) is 12.2. The summed E-state index contributed by atoms with van der Waals surface area (Å²) in [4.78, 5) is 21.4. The Balaban J connectivity index is 1.38. The molecule has 1 fully saturated rings. The first-order valence-electron chi connectivity index (χ1n) is 11.8. The van der Waals surface area contributed by atoms with Crippen LogP contribution in [0, 0.1) is 23.2 Å². The van der Waals surface area contributed by atoms with Crippen molar-refractivity contribution in [2.24, 2.45) is 11.8 Å². The number of aliphatic hydroxyl groups excluding tert-OH is 1. The summed E-state index contributed by atoms with van der Waals surface area (Å²) in [6.07, 6.45) is -4.11. The van der Waals surface area contributed by atoms with Crippen molar-refractivity contribution in [1.29, 1.82) is 5.26 Å². The summed E-state index contributed by atoms with van der Waals surface area (Å²) in [5, 5.41) is 27.8. The van der Waals surface area contributed by atoms with Gasteiger partial charge in [-0.15, -0.1) is 10.2 Å². The number of hydrogen-bond acceptors (Lipinski definition) is 7. The standard InChI is InChI=1S/C24H23ClF3N7O2/c1-13-10-33(21-16-8-14(25)2-3-18(16)30-19(12-36)17(21)9-29)5-4-15(13)22(37)34-6-7-35-20(11-34)31-32-23(35)24(26,27)28/h2-3,8,13,15,36H,4-7,10-12H2,1H3/t13-,15+/m1/s1. The van der Waals surface area contributed by atoms with Crippen LogP contribution in [-0.2, 0) is 30.7 Å². The van der Waals surface area contributed by atoms with Crippen molar-refractivity contribution in [3.05, 3.63) is 46.1 Å². The molecule has 3 aromatic rings. The molecule has 4 heterocycles. The van der Waals surface area contributed by atoms with Crippen LogP contribution >= 0.6 is 11.6 Å². The van der Waals surface area contributed by atoms with Crippen molar-refractivity contribution in [2.45, 2.75) is 39.2 Å². The van der Waals surface area contributed by atoms with E-state index in [-0.39, 0.29) is 54.5 Å². The van der Waals surface area contributed by atoms with Crippen molar-refractivity contribution < 1.29 is 23.1 Å². The second-order valence-electron chi connectivity index (χ2n) is 9.38. The highest BCUT2D eigenvalue weighted by atomic mass is 35.5. The number of anilines is 1.